The van der Waals surface area contributed by atoms with Crippen LogP contribution in [-0.4, -0.2) is 19.9 Å². The third-order valence-electron chi connectivity index (χ3n) is 7.91. The standard InChI is InChI=1S/C40H26N4/c1-5-13-27(14-6-1)34-24-31-21-22-36(42-40(31)44-38(34)30-19-11-4-12-20-30)33-23-32-25-35(28-15-7-2-8-16-28)37(43-39(32)41-26-33)29-17-9-3-10-18-29/h1-26H. The van der Waals surface area contributed by atoms with Crippen molar-refractivity contribution in [3.05, 3.63) is 158 Å². The summed E-state index contributed by atoms with van der Waals surface area (Å²) in [6.45, 7) is 0. The van der Waals surface area contributed by atoms with Crippen LogP contribution in [0.4, 0.5) is 0 Å². The first-order valence-electron chi connectivity index (χ1n) is 14.6. The number of pyridine rings is 4. The van der Waals surface area contributed by atoms with Crippen LogP contribution in [0, 0.1) is 0 Å². The minimum Gasteiger partial charge on any atom is -0.236 e. The molecule has 0 fully saturated rings. The first-order chi connectivity index (χ1) is 21.8. The van der Waals surface area contributed by atoms with Crippen molar-refractivity contribution >= 4 is 22.1 Å². The van der Waals surface area contributed by atoms with Gasteiger partial charge in [0, 0.05) is 44.8 Å². The van der Waals surface area contributed by atoms with Crippen LogP contribution in [0.2, 0.25) is 0 Å². The molecule has 0 aliphatic heterocycles. The van der Waals surface area contributed by atoms with Crippen LogP contribution in [0.5, 0.6) is 0 Å². The van der Waals surface area contributed by atoms with Crippen LogP contribution in [-0.2, 0) is 0 Å². The Bertz CT molecular complexity index is 2090. The monoisotopic (exact) mass is 562 g/mol. The molecule has 44 heavy (non-hydrogen) atoms. The van der Waals surface area contributed by atoms with Crippen LogP contribution in [0.25, 0.3) is 78.1 Å². The van der Waals surface area contributed by atoms with E-state index >= 15 is 0 Å². The molecule has 0 saturated heterocycles. The fourth-order valence-electron chi connectivity index (χ4n) is 5.72. The molecule has 8 rings (SSSR count). The number of hydrogen-bond donors (Lipinski definition) is 0. The number of aromatic nitrogens is 4. The number of hydrogen-bond acceptors (Lipinski definition) is 4. The molecule has 206 valence electrons. The van der Waals surface area contributed by atoms with Crippen molar-refractivity contribution < 1.29 is 0 Å². The maximum atomic E-state index is 5.13. The first kappa shape index (κ1) is 25.7. The summed E-state index contributed by atoms with van der Waals surface area (Å²) in [7, 11) is 0. The predicted molar refractivity (Wildman–Crippen MR) is 180 cm³/mol. The molecule has 4 aromatic carbocycles. The molecule has 4 aromatic heterocycles. The number of rotatable bonds is 5. The van der Waals surface area contributed by atoms with Crippen molar-refractivity contribution in [2.45, 2.75) is 0 Å². The number of nitrogens with zero attached hydrogens (tertiary/aromatic N) is 4. The fraction of sp³-hybridized carbons (Fsp3) is 0. The summed E-state index contributed by atoms with van der Waals surface area (Å²) < 4.78 is 0. The Hall–Kier alpha value is -6.00. The predicted octanol–water partition coefficient (Wildman–Crippen LogP) is 9.91. The molecule has 4 heterocycles. The van der Waals surface area contributed by atoms with Crippen LogP contribution >= 0.6 is 0 Å². The van der Waals surface area contributed by atoms with E-state index in [1.807, 2.05) is 60.8 Å². The average molecular weight is 563 g/mol. The molecule has 0 atom stereocenters. The molecule has 0 N–H and O–H groups in total. The van der Waals surface area contributed by atoms with Gasteiger partial charge in [-0.15, -0.1) is 0 Å². The van der Waals surface area contributed by atoms with Gasteiger partial charge in [0.05, 0.1) is 17.1 Å². The second-order valence-electron chi connectivity index (χ2n) is 10.7. The van der Waals surface area contributed by atoms with Crippen LogP contribution < -0.4 is 0 Å². The highest BCUT2D eigenvalue weighted by molar-refractivity contribution is 5.93. The SMILES string of the molecule is c1ccc(-c2cc3cc(-c4ccc5cc(-c6ccccc6)c(-c6ccccc6)nc5n4)cnc3nc2-c2ccccc2)cc1. The van der Waals surface area contributed by atoms with Crippen molar-refractivity contribution in [3.63, 3.8) is 0 Å². The summed E-state index contributed by atoms with van der Waals surface area (Å²) in [6.07, 6.45) is 1.86. The van der Waals surface area contributed by atoms with E-state index in [-0.39, 0.29) is 0 Å². The number of benzene rings is 4. The molecule has 4 heteroatoms. The van der Waals surface area contributed by atoms with Gasteiger partial charge in [-0.1, -0.05) is 121 Å². The van der Waals surface area contributed by atoms with Gasteiger partial charge in [0.15, 0.2) is 11.3 Å². The number of fused-ring (bicyclic) bond motifs is 2. The molecule has 0 radical (unpaired) electrons. The van der Waals surface area contributed by atoms with E-state index in [2.05, 4.69) is 97.1 Å². The summed E-state index contributed by atoms with van der Waals surface area (Å²) in [5, 5.41) is 1.95. The van der Waals surface area contributed by atoms with Crippen molar-refractivity contribution in [2.75, 3.05) is 0 Å². The van der Waals surface area contributed by atoms with Gasteiger partial charge >= 0.3 is 0 Å². The molecule has 0 spiro atoms. The highest BCUT2D eigenvalue weighted by atomic mass is 14.9. The summed E-state index contributed by atoms with van der Waals surface area (Å²) in [5.74, 6) is 0. The van der Waals surface area contributed by atoms with Crippen molar-refractivity contribution in [1.82, 2.24) is 19.9 Å². The van der Waals surface area contributed by atoms with E-state index in [1.165, 1.54) is 0 Å². The molecule has 0 bridgehead atoms. The molecule has 0 saturated carbocycles. The van der Waals surface area contributed by atoms with E-state index < -0.39 is 0 Å². The summed E-state index contributed by atoms with van der Waals surface area (Å²) in [4.78, 5) is 20.0. The van der Waals surface area contributed by atoms with E-state index in [9.17, 15) is 0 Å². The Morgan fingerprint density at radius 3 is 1.36 bits per heavy atom. The fourth-order valence-corrected chi connectivity index (χ4v) is 5.72. The topological polar surface area (TPSA) is 51.6 Å². The van der Waals surface area contributed by atoms with Crippen molar-refractivity contribution in [3.8, 4) is 56.0 Å². The lowest BCUT2D eigenvalue weighted by atomic mass is 9.97. The van der Waals surface area contributed by atoms with Gasteiger partial charge in [0.25, 0.3) is 0 Å². The van der Waals surface area contributed by atoms with Gasteiger partial charge < -0.3 is 0 Å². The summed E-state index contributed by atoms with van der Waals surface area (Å²) >= 11 is 0. The highest BCUT2D eigenvalue weighted by Crippen LogP contribution is 2.36. The quantitative estimate of drug-likeness (QED) is 0.209. The lowest BCUT2D eigenvalue weighted by molar-refractivity contribution is 1.26. The third kappa shape index (κ3) is 4.79. The molecule has 0 amide bonds. The molecular formula is C40H26N4. The maximum absolute atomic E-state index is 5.13. The zero-order valence-electron chi connectivity index (χ0n) is 23.8. The van der Waals surface area contributed by atoms with Crippen molar-refractivity contribution in [2.24, 2.45) is 0 Å². The zero-order valence-corrected chi connectivity index (χ0v) is 23.8. The molecular weight excluding hydrogens is 536 g/mol. The molecule has 4 nitrogen and oxygen atoms in total. The van der Waals surface area contributed by atoms with Crippen LogP contribution in [0.3, 0.4) is 0 Å². The van der Waals surface area contributed by atoms with Crippen LogP contribution in [0.1, 0.15) is 0 Å². The van der Waals surface area contributed by atoms with E-state index in [0.29, 0.717) is 11.3 Å². The van der Waals surface area contributed by atoms with Gasteiger partial charge in [-0.3, -0.25) is 0 Å². The Labute approximate surface area is 255 Å². The Kier molecular flexibility index (Phi) is 6.43. The lowest BCUT2D eigenvalue weighted by Crippen LogP contribution is -1.96. The lowest BCUT2D eigenvalue weighted by Gasteiger charge is -2.13. The highest BCUT2D eigenvalue weighted by Gasteiger charge is 2.15. The minimum absolute atomic E-state index is 0.698. The first-order valence-corrected chi connectivity index (χ1v) is 14.6. The normalized spacial score (nSPS) is 11.2. The van der Waals surface area contributed by atoms with Crippen LogP contribution in [0.15, 0.2) is 158 Å². The Balaban J connectivity index is 1.27. The molecule has 8 aromatic rings. The molecule has 0 aliphatic rings. The second-order valence-corrected chi connectivity index (χ2v) is 10.7. The second kappa shape index (κ2) is 11.0. The van der Waals surface area contributed by atoms with Gasteiger partial charge in [-0.25, -0.2) is 19.9 Å². The maximum Gasteiger partial charge on any atom is 0.160 e. The van der Waals surface area contributed by atoms with Gasteiger partial charge in [0.1, 0.15) is 0 Å². The van der Waals surface area contributed by atoms with Gasteiger partial charge in [0.2, 0.25) is 0 Å². The van der Waals surface area contributed by atoms with E-state index in [1.54, 1.807) is 0 Å². The average Bonchev–Trinajstić information content (AvgIpc) is 3.11. The Morgan fingerprint density at radius 2 is 0.818 bits per heavy atom. The third-order valence-corrected chi connectivity index (χ3v) is 7.91. The van der Waals surface area contributed by atoms with Gasteiger partial charge in [-0.05, 0) is 41.5 Å². The van der Waals surface area contributed by atoms with E-state index in [4.69, 9.17) is 19.9 Å². The molecule has 0 unspecified atom stereocenters. The largest absolute Gasteiger partial charge is 0.236 e. The van der Waals surface area contributed by atoms with E-state index in [0.717, 1.165) is 66.8 Å². The Morgan fingerprint density at radius 1 is 0.341 bits per heavy atom. The summed E-state index contributed by atoms with van der Waals surface area (Å²) in [5.41, 5.74) is 11.5. The minimum atomic E-state index is 0.698. The smallest absolute Gasteiger partial charge is 0.160 e. The summed E-state index contributed by atoms with van der Waals surface area (Å²) in [6, 6.07) is 52.0. The van der Waals surface area contributed by atoms with Gasteiger partial charge in [-0.2, -0.15) is 0 Å². The zero-order chi connectivity index (χ0) is 29.3. The van der Waals surface area contributed by atoms with Crippen molar-refractivity contribution in [1.29, 1.82) is 0 Å². The molecule has 0 aliphatic carbocycles.